The summed E-state index contributed by atoms with van der Waals surface area (Å²) >= 11 is 12.6. The molecule has 0 fully saturated rings. The van der Waals surface area contributed by atoms with Crippen molar-refractivity contribution in [1.29, 1.82) is 5.26 Å². The molecule has 2 aromatic carbocycles. The summed E-state index contributed by atoms with van der Waals surface area (Å²) in [4.78, 5) is 13.4. The van der Waals surface area contributed by atoms with E-state index < -0.39 is 0 Å². The molecule has 4 N–H and O–H groups in total. The first-order valence-electron chi connectivity index (χ1n) is 8.98. The fourth-order valence-electron chi connectivity index (χ4n) is 2.55. The fourth-order valence-corrected chi connectivity index (χ4v) is 3.08. The number of hydrogen-bond donors (Lipinski definition) is 3. The van der Waals surface area contributed by atoms with Gasteiger partial charge in [-0.2, -0.15) is 20.2 Å². The molecule has 0 aliphatic carbocycles. The maximum absolute atomic E-state index is 8.94. The number of nitrogens with zero attached hydrogens (tertiary/aromatic N) is 4. The van der Waals surface area contributed by atoms with Crippen molar-refractivity contribution in [2.75, 3.05) is 23.7 Å². The van der Waals surface area contributed by atoms with Crippen molar-refractivity contribution in [1.82, 2.24) is 15.0 Å². The minimum atomic E-state index is 0.356. The Morgan fingerprint density at radius 3 is 2.31 bits per heavy atom. The lowest BCUT2D eigenvalue weighted by atomic mass is 10.1. The van der Waals surface area contributed by atoms with Crippen molar-refractivity contribution >= 4 is 40.8 Å². The number of anilines is 3. The number of aromatic nitrogens is 3. The number of nitriles is 1. The zero-order chi connectivity index (χ0) is 20.6. The van der Waals surface area contributed by atoms with Crippen LogP contribution in [0.5, 0.6) is 0 Å². The van der Waals surface area contributed by atoms with Gasteiger partial charge in [0.15, 0.2) is 0 Å². The van der Waals surface area contributed by atoms with E-state index in [2.05, 4.69) is 31.7 Å². The zero-order valence-corrected chi connectivity index (χ0v) is 17.0. The Kier molecular flexibility index (Phi) is 7.19. The highest BCUT2D eigenvalue weighted by molar-refractivity contribution is 6.36. The molecule has 0 amide bonds. The first-order chi connectivity index (χ1) is 14.1. The quantitative estimate of drug-likeness (QED) is 0.462. The van der Waals surface area contributed by atoms with Gasteiger partial charge < -0.3 is 16.4 Å². The van der Waals surface area contributed by atoms with Crippen LogP contribution in [0.25, 0.3) is 0 Å². The van der Waals surface area contributed by atoms with Crippen molar-refractivity contribution in [3.8, 4) is 6.07 Å². The van der Waals surface area contributed by atoms with Crippen molar-refractivity contribution < 1.29 is 0 Å². The number of nitrogens with one attached hydrogen (secondary N) is 2. The van der Waals surface area contributed by atoms with Crippen LogP contribution >= 0.6 is 23.2 Å². The monoisotopic (exact) mass is 427 g/mol. The van der Waals surface area contributed by atoms with Crippen LogP contribution in [-0.2, 0) is 6.42 Å². The summed E-state index contributed by atoms with van der Waals surface area (Å²) in [7, 11) is 0. The first kappa shape index (κ1) is 20.8. The van der Waals surface area contributed by atoms with E-state index in [-0.39, 0.29) is 0 Å². The van der Waals surface area contributed by atoms with Gasteiger partial charge in [0.1, 0.15) is 5.82 Å². The van der Waals surface area contributed by atoms with Gasteiger partial charge >= 0.3 is 0 Å². The minimum Gasteiger partial charge on any atom is -0.354 e. The van der Waals surface area contributed by atoms with Gasteiger partial charge in [0, 0.05) is 28.7 Å². The van der Waals surface area contributed by atoms with E-state index in [0.717, 1.165) is 17.7 Å². The molecule has 7 nitrogen and oxygen atoms in total. The zero-order valence-electron chi connectivity index (χ0n) is 15.5. The molecule has 3 rings (SSSR count). The summed E-state index contributed by atoms with van der Waals surface area (Å²) < 4.78 is 0. The molecule has 0 bridgehead atoms. The van der Waals surface area contributed by atoms with E-state index in [9.17, 15) is 0 Å². The lowest BCUT2D eigenvalue weighted by Crippen LogP contribution is -2.13. The molecule has 29 heavy (non-hydrogen) atoms. The third kappa shape index (κ3) is 5.78. The Balaban J connectivity index is 1.89. The number of nitrogens with two attached hydrogens (primary N) is 1. The molecule has 148 valence electrons. The molecular formula is C20H19Cl2N7. The number of benzene rings is 2. The predicted molar refractivity (Wildman–Crippen MR) is 116 cm³/mol. The van der Waals surface area contributed by atoms with Crippen molar-refractivity contribution in [2.45, 2.75) is 12.8 Å². The third-order valence-electron chi connectivity index (χ3n) is 4.01. The molecule has 0 radical (unpaired) electrons. The second-order valence-electron chi connectivity index (χ2n) is 6.16. The maximum atomic E-state index is 8.94. The highest BCUT2D eigenvalue weighted by Gasteiger charge is 2.12. The minimum absolute atomic E-state index is 0.356. The van der Waals surface area contributed by atoms with Crippen LogP contribution in [0.15, 0.2) is 42.5 Å². The summed E-state index contributed by atoms with van der Waals surface area (Å²) in [6.07, 6.45) is 1.14. The molecule has 1 heterocycles. The SMILES string of the molecule is N#Cc1ccc(Nc2nc(Cc3c(Cl)cccc3Cl)nc(NCCCN)n2)cc1. The molecule has 0 spiro atoms. The molecule has 0 aliphatic heterocycles. The van der Waals surface area contributed by atoms with E-state index in [1.807, 2.05) is 0 Å². The van der Waals surface area contributed by atoms with E-state index in [4.69, 9.17) is 34.2 Å². The van der Waals surface area contributed by atoms with Crippen LogP contribution in [0, 0.1) is 11.3 Å². The summed E-state index contributed by atoms with van der Waals surface area (Å²) in [6.45, 7) is 1.21. The van der Waals surface area contributed by atoms with Crippen LogP contribution in [-0.4, -0.2) is 28.0 Å². The van der Waals surface area contributed by atoms with Gasteiger partial charge in [0.25, 0.3) is 0 Å². The van der Waals surface area contributed by atoms with Crippen LogP contribution in [0.4, 0.5) is 17.6 Å². The Labute approximate surface area is 178 Å². The van der Waals surface area contributed by atoms with Crippen molar-refractivity contribution in [3.63, 3.8) is 0 Å². The average Bonchev–Trinajstić information content (AvgIpc) is 2.72. The topological polar surface area (TPSA) is 113 Å². The second-order valence-corrected chi connectivity index (χ2v) is 6.97. The number of hydrogen-bond acceptors (Lipinski definition) is 7. The van der Waals surface area contributed by atoms with Crippen LogP contribution in [0.2, 0.25) is 10.0 Å². The van der Waals surface area contributed by atoms with Gasteiger partial charge in [0.05, 0.1) is 11.6 Å². The van der Waals surface area contributed by atoms with E-state index in [0.29, 0.717) is 52.8 Å². The summed E-state index contributed by atoms with van der Waals surface area (Å²) in [5.74, 6) is 1.32. The molecule has 3 aromatic rings. The lowest BCUT2D eigenvalue weighted by molar-refractivity contribution is 0.850. The Morgan fingerprint density at radius 1 is 0.966 bits per heavy atom. The summed E-state index contributed by atoms with van der Waals surface area (Å²) in [6, 6.07) is 14.4. The second kappa shape index (κ2) is 10.0. The maximum Gasteiger partial charge on any atom is 0.232 e. The van der Waals surface area contributed by atoms with Gasteiger partial charge in [-0.1, -0.05) is 29.3 Å². The smallest absolute Gasteiger partial charge is 0.232 e. The number of rotatable bonds is 8. The average molecular weight is 428 g/mol. The third-order valence-corrected chi connectivity index (χ3v) is 4.72. The molecule has 1 aromatic heterocycles. The highest BCUT2D eigenvalue weighted by Crippen LogP contribution is 2.26. The van der Waals surface area contributed by atoms with Crippen LogP contribution in [0.3, 0.4) is 0 Å². The van der Waals surface area contributed by atoms with Gasteiger partial charge in [-0.15, -0.1) is 0 Å². The largest absolute Gasteiger partial charge is 0.354 e. The van der Waals surface area contributed by atoms with Gasteiger partial charge in [-0.3, -0.25) is 0 Å². The number of halogens is 2. The van der Waals surface area contributed by atoms with Crippen molar-refractivity contribution in [2.24, 2.45) is 5.73 Å². The Hall–Kier alpha value is -2.92. The molecule has 9 heteroatoms. The molecular weight excluding hydrogens is 409 g/mol. The van der Waals surface area contributed by atoms with Gasteiger partial charge in [-0.25, -0.2) is 0 Å². The molecule has 0 saturated heterocycles. The van der Waals surface area contributed by atoms with Crippen LogP contribution in [0.1, 0.15) is 23.4 Å². The predicted octanol–water partition coefficient (Wildman–Crippen LogP) is 4.15. The van der Waals surface area contributed by atoms with E-state index >= 15 is 0 Å². The fraction of sp³-hybridized carbons (Fsp3) is 0.200. The molecule has 0 atom stereocenters. The molecule has 0 saturated carbocycles. The first-order valence-corrected chi connectivity index (χ1v) is 9.73. The van der Waals surface area contributed by atoms with Crippen LogP contribution < -0.4 is 16.4 Å². The van der Waals surface area contributed by atoms with Crippen molar-refractivity contribution in [3.05, 3.63) is 69.5 Å². The molecule has 0 aliphatic rings. The van der Waals surface area contributed by atoms with E-state index in [1.165, 1.54) is 0 Å². The van der Waals surface area contributed by atoms with Gasteiger partial charge in [0.2, 0.25) is 11.9 Å². The standard InChI is InChI=1S/C20H19Cl2N7/c21-16-3-1-4-17(22)15(16)11-18-27-19(25-10-2-9-23)29-20(28-18)26-14-7-5-13(12-24)6-8-14/h1,3-8H,2,9-11,23H2,(H2,25,26,27,28,29). The normalized spacial score (nSPS) is 10.4. The lowest BCUT2D eigenvalue weighted by Gasteiger charge is -2.11. The summed E-state index contributed by atoms with van der Waals surface area (Å²) in [5, 5.41) is 16.3. The Morgan fingerprint density at radius 2 is 1.66 bits per heavy atom. The molecule has 0 unspecified atom stereocenters. The summed E-state index contributed by atoms with van der Waals surface area (Å²) in [5.41, 5.74) is 7.63. The Bertz CT molecular complexity index is 996. The van der Waals surface area contributed by atoms with Gasteiger partial charge in [-0.05, 0) is 54.9 Å². The van der Waals surface area contributed by atoms with E-state index in [1.54, 1.807) is 42.5 Å². The highest BCUT2D eigenvalue weighted by atomic mass is 35.5.